The highest BCUT2D eigenvalue weighted by Crippen LogP contribution is 2.13. The number of aromatic nitrogens is 1. The summed E-state index contributed by atoms with van der Waals surface area (Å²) >= 11 is 0. The van der Waals surface area contributed by atoms with Crippen LogP contribution in [-0.4, -0.2) is 31.1 Å². The van der Waals surface area contributed by atoms with E-state index >= 15 is 0 Å². The number of hydrogen-bond acceptors (Lipinski definition) is 4. The van der Waals surface area contributed by atoms with Crippen LogP contribution < -0.4 is 4.74 Å². The van der Waals surface area contributed by atoms with Crippen molar-refractivity contribution < 1.29 is 14.2 Å². The van der Waals surface area contributed by atoms with Gasteiger partial charge in [0.15, 0.2) is 6.29 Å². The van der Waals surface area contributed by atoms with Gasteiger partial charge in [0, 0.05) is 18.9 Å². The average Bonchev–Trinajstić information content (AvgIpc) is 2.38. The normalized spacial score (nSPS) is 20.2. The summed E-state index contributed by atoms with van der Waals surface area (Å²) < 4.78 is 16.5. The Bertz CT molecular complexity index is 320. The zero-order valence-corrected chi connectivity index (χ0v) is 10.2. The summed E-state index contributed by atoms with van der Waals surface area (Å²) in [5.41, 5.74) is 1.13. The SMILES string of the molecule is Cc1ccc(OCCO[C@@H]2CCCCO2)nc1. The fourth-order valence-electron chi connectivity index (χ4n) is 1.71. The third-order valence-electron chi connectivity index (χ3n) is 2.66. The van der Waals surface area contributed by atoms with Crippen LogP contribution in [0.4, 0.5) is 0 Å². The summed E-state index contributed by atoms with van der Waals surface area (Å²) in [4.78, 5) is 4.15. The van der Waals surface area contributed by atoms with Crippen molar-refractivity contribution in [1.29, 1.82) is 0 Å². The molecule has 0 aromatic carbocycles. The molecule has 94 valence electrons. The van der Waals surface area contributed by atoms with Crippen molar-refractivity contribution in [2.45, 2.75) is 32.5 Å². The second-order valence-electron chi connectivity index (χ2n) is 4.19. The van der Waals surface area contributed by atoms with Crippen molar-refractivity contribution in [3.63, 3.8) is 0 Å². The minimum absolute atomic E-state index is 0.0432. The van der Waals surface area contributed by atoms with E-state index in [2.05, 4.69) is 4.98 Å². The Kier molecular flexibility index (Phi) is 4.76. The zero-order chi connectivity index (χ0) is 11.9. The van der Waals surface area contributed by atoms with Gasteiger partial charge >= 0.3 is 0 Å². The lowest BCUT2D eigenvalue weighted by atomic mass is 10.2. The molecule has 0 bridgehead atoms. The van der Waals surface area contributed by atoms with Crippen LogP contribution in [0.2, 0.25) is 0 Å². The van der Waals surface area contributed by atoms with E-state index in [1.807, 2.05) is 19.1 Å². The van der Waals surface area contributed by atoms with Gasteiger partial charge < -0.3 is 14.2 Å². The van der Waals surface area contributed by atoms with E-state index in [1.54, 1.807) is 6.20 Å². The maximum absolute atomic E-state index is 5.55. The quantitative estimate of drug-likeness (QED) is 0.737. The molecular weight excluding hydrogens is 218 g/mol. The lowest BCUT2D eigenvalue weighted by Crippen LogP contribution is -2.24. The summed E-state index contributed by atoms with van der Waals surface area (Å²) in [6.45, 7) is 3.86. The largest absolute Gasteiger partial charge is 0.475 e. The number of aryl methyl sites for hydroxylation is 1. The van der Waals surface area contributed by atoms with Crippen LogP contribution in [0.1, 0.15) is 24.8 Å². The highest BCUT2D eigenvalue weighted by molar-refractivity contribution is 5.16. The molecule has 0 saturated carbocycles. The predicted molar refractivity (Wildman–Crippen MR) is 64.0 cm³/mol. The molecule has 1 atom stereocenters. The van der Waals surface area contributed by atoms with Crippen LogP contribution in [0.5, 0.6) is 5.88 Å². The molecule has 1 aliphatic rings. The summed E-state index contributed by atoms with van der Waals surface area (Å²) in [6, 6.07) is 3.85. The van der Waals surface area contributed by atoms with Gasteiger partial charge in [0.1, 0.15) is 6.61 Å². The van der Waals surface area contributed by atoms with Gasteiger partial charge in [-0.2, -0.15) is 0 Å². The fourth-order valence-corrected chi connectivity index (χ4v) is 1.71. The molecule has 1 aromatic heterocycles. The third-order valence-corrected chi connectivity index (χ3v) is 2.66. The van der Waals surface area contributed by atoms with Crippen molar-refractivity contribution in [2.24, 2.45) is 0 Å². The first-order valence-electron chi connectivity index (χ1n) is 6.13. The van der Waals surface area contributed by atoms with E-state index < -0.39 is 0 Å². The number of nitrogens with zero attached hydrogens (tertiary/aromatic N) is 1. The lowest BCUT2D eigenvalue weighted by molar-refractivity contribution is -0.165. The second kappa shape index (κ2) is 6.57. The molecule has 4 nitrogen and oxygen atoms in total. The molecule has 1 aliphatic heterocycles. The smallest absolute Gasteiger partial charge is 0.213 e. The van der Waals surface area contributed by atoms with Gasteiger partial charge in [-0.15, -0.1) is 0 Å². The summed E-state index contributed by atoms with van der Waals surface area (Å²) in [5, 5.41) is 0. The molecule has 1 aromatic rings. The molecule has 2 heterocycles. The lowest BCUT2D eigenvalue weighted by Gasteiger charge is -2.22. The fraction of sp³-hybridized carbons (Fsp3) is 0.615. The molecule has 0 unspecified atom stereocenters. The molecule has 1 fully saturated rings. The molecule has 0 amide bonds. The van der Waals surface area contributed by atoms with Gasteiger partial charge in [-0.3, -0.25) is 0 Å². The highest BCUT2D eigenvalue weighted by atomic mass is 16.7. The maximum atomic E-state index is 5.55. The molecule has 0 radical (unpaired) electrons. The van der Waals surface area contributed by atoms with Crippen LogP contribution in [0.25, 0.3) is 0 Å². The predicted octanol–water partition coefficient (Wildman–Crippen LogP) is 2.31. The van der Waals surface area contributed by atoms with Crippen LogP contribution in [0, 0.1) is 6.92 Å². The number of pyridine rings is 1. The average molecular weight is 237 g/mol. The molecule has 1 saturated heterocycles. The van der Waals surface area contributed by atoms with Gasteiger partial charge in [-0.1, -0.05) is 6.07 Å². The van der Waals surface area contributed by atoms with Gasteiger partial charge in [0.05, 0.1) is 6.61 Å². The second-order valence-corrected chi connectivity index (χ2v) is 4.19. The highest BCUT2D eigenvalue weighted by Gasteiger charge is 2.13. The van der Waals surface area contributed by atoms with Crippen molar-refractivity contribution in [2.75, 3.05) is 19.8 Å². The molecule has 4 heteroatoms. The number of rotatable bonds is 5. The Morgan fingerprint density at radius 1 is 1.35 bits per heavy atom. The minimum Gasteiger partial charge on any atom is -0.475 e. The third kappa shape index (κ3) is 4.32. The van der Waals surface area contributed by atoms with Gasteiger partial charge in [0.2, 0.25) is 5.88 Å². The summed E-state index contributed by atoms with van der Waals surface area (Å²) in [6.07, 6.45) is 5.07. The standard InChI is InChI=1S/C13H19NO3/c1-11-5-6-12(14-10-11)15-8-9-17-13-4-2-3-7-16-13/h5-6,10,13H,2-4,7-9H2,1H3/t13-/m1/s1. The van der Waals surface area contributed by atoms with E-state index in [1.165, 1.54) is 6.42 Å². The molecule has 0 spiro atoms. The van der Waals surface area contributed by atoms with E-state index in [4.69, 9.17) is 14.2 Å². The monoisotopic (exact) mass is 237 g/mol. The Morgan fingerprint density at radius 2 is 2.29 bits per heavy atom. The first-order chi connectivity index (χ1) is 8.34. The molecule has 17 heavy (non-hydrogen) atoms. The minimum atomic E-state index is -0.0432. The van der Waals surface area contributed by atoms with E-state index in [0.29, 0.717) is 19.1 Å². The van der Waals surface area contributed by atoms with Gasteiger partial charge in [0.25, 0.3) is 0 Å². The zero-order valence-electron chi connectivity index (χ0n) is 10.2. The van der Waals surface area contributed by atoms with E-state index in [-0.39, 0.29) is 6.29 Å². The Labute approximate surface area is 102 Å². The topological polar surface area (TPSA) is 40.6 Å². The molecule has 2 rings (SSSR count). The Hall–Kier alpha value is -1.13. The molecule has 0 N–H and O–H groups in total. The number of hydrogen-bond donors (Lipinski definition) is 0. The molecule has 0 aliphatic carbocycles. The van der Waals surface area contributed by atoms with Crippen LogP contribution in [0.3, 0.4) is 0 Å². The van der Waals surface area contributed by atoms with Crippen LogP contribution in [0.15, 0.2) is 18.3 Å². The Morgan fingerprint density at radius 3 is 3.00 bits per heavy atom. The first-order valence-corrected chi connectivity index (χ1v) is 6.13. The van der Waals surface area contributed by atoms with Gasteiger partial charge in [-0.25, -0.2) is 4.98 Å². The summed E-state index contributed by atoms with van der Waals surface area (Å²) in [7, 11) is 0. The van der Waals surface area contributed by atoms with Crippen molar-refractivity contribution in [3.8, 4) is 5.88 Å². The molecular formula is C13H19NO3. The van der Waals surface area contributed by atoms with E-state index in [0.717, 1.165) is 25.0 Å². The van der Waals surface area contributed by atoms with Crippen LogP contribution >= 0.6 is 0 Å². The maximum Gasteiger partial charge on any atom is 0.213 e. The van der Waals surface area contributed by atoms with Gasteiger partial charge in [-0.05, 0) is 31.7 Å². The van der Waals surface area contributed by atoms with E-state index in [9.17, 15) is 0 Å². The summed E-state index contributed by atoms with van der Waals surface area (Å²) in [5.74, 6) is 0.642. The van der Waals surface area contributed by atoms with Crippen molar-refractivity contribution in [3.05, 3.63) is 23.9 Å². The first kappa shape index (κ1) is 12.3. The number of ether oxygens (including phenoxy) is 3. The van der Waals surface area contributed by atoms with Crippen LogP contribution in [-0.2, 0) is 9.47 Å². The Balaban J connectivity index is 1.60. The van der Waals surface area contributed by atoms with Crippen molar-refractivity contribution >= 4 is 0 Å². The van der Waals surface area contributed by atoms with Crippen molar-refractivity contribution in [1.82, 2.24) is 4.98 Å².